The number of nitrogens with zero attached hydrogens (tertiary/aromatic N) is 1. The maximum absolute atomic E-state index is 12.0. The topological polar surface area (TPSA) is 89.3 Å². The van der Waals surface area contributed by atoms with Crippen LogP contribution in [0.4, 0.5) is 10.9 Å². The molecule has 0 radical (unpaired) electrons. The number of ether oxygens (including phenoxy) is 1. The second-order valence-electron chi connectivity index (χ2n) is 4.86. The van der Waals surface area contributed by atoms with Crippen LogP contribution in [-0.2, 0) is 4.74 Å². The Morgan fingerprint density at radius 2 is 2.17 bits per heavy atom. The summed E-state index contributed by atoms with van der Waals surface area (Å²) >= 11 is 1.24. The van der Waals surface area contributed by atoms with Crippen molar-refractivity contribution in [2.45, 2.75) is 26.3 Å². The van der Waals surface area contributed by atoms with Crippen LogP contribution in [0.3, 0.4) is 0 Å². The summed E-state index contributed by atoms with van der Waals surface area (Å²) in [6.45, 7) is 6.95. The molecular weight excluding hydrogens is 252 g/mol. The van der Waals surface area contributed by atoms with Crippen molar-refractivity contribution in [1.29, 1.82) is 0 Å². The van der Waals surface area contributed by atoms with E-state index in [1.165, 1.54) is 11.3 Å². The van der Waals surface area contributed by atoms with Crippen LogP contribution in [0.25, 0.3) is 0 Å². The first-order valence-electron chi connectivity index (χ1n) is 5.65. The molecule has 1 rings (SSSR count). The van der Waals surface area contributed by atoms with E-state index in [1.807, 2.05) is 20.8 Å². The number of thiazole rings is 1. The predicted molar refractivity (Wildman–Crippen MR) is 74.1 cm³/mol. The van der Waals surface area contributed by atoms with Crippen molar-refractivity contribution in [3.63, 3.8) is 0 Å². The molecule has 0 unspecified atom stereocenters. The molecule has 102 valence electrons. The average molecular weight is 272 g/mol. The fourth-order valence-corrected chi connectivity index (χ4v) is 2.03. The second-order valence-corrected chi connectivity index (χ2v) is 5.86. The van der Waals surface area contributed by atoms with Crippen LogP contribution < -0.4 is 16.4 Å². The summed E-state index contributed by atoms with van der Waals surface area (Å²) in [5, 5.41) is 6.53. The number of aromatic nitrogens is 1. The van der Waals surface area contributed by atoms with E-state index in [0.717, 1.165) is 0 Å². The average Bonchev–Trinajstić information content (AvgIpc) is 2.58. The van der Waals surface area contributed by atoms with Crippen molar-refractivity contribution in [2.75, 3.05) is 31.3 Å². The fourth-order valence-electron chi connectivity index (χ4n) is 1.23. The lowest BCUT2D eigenvalue weighted by Gasteiger charge is -2.19. The van der Waals surface area contributed by atoms with E-state index in [-0.39, 0.29) is 17.3 Å². The van der Waals surface area contributed by atoms with Gasteiger partial charge < -0.3 is 21.1 Å². The molecule has 0 saturated heterocycles. The monoisotopic (exact) mass is 272 g/mol. The summed E-state index contributed by atoms with van der Waals surface area (Å²) in [7, 11) is 1.63. The molecule has 4 N–H and O–H groups in total. The number of hydrogen-bond acceptors (Lipinski definition) is 6. The molecule has 0 aliphatic carbocycles. The number of carbonyl (C=O) groups is 1. The Balaban J connectivity index is 2.69. The van der Waals surface area contributed by atoms with Crippen LogP contribution in [0.15, 0.2) is 0 Å². The highest BCUT2D eigenvalue weighted by Gasteiger charge is 2.20. The Bertz CT molecular complexity index is 412. The third-order valence-electron chi connectivity index (χ3n) is 1.93. The molecule has 18 heavy (non-hydrogen) atoms. The van der Waals surface area contributed by atoms with E-state index in [9.17, 15) is 4.79 Å². The van der Waals surface area contributed by atoms with E-state index in [0.29, 0.717) is 23.2 Å². The molecule has 1 aromatic heterocycles. The lowest BCUT2D eigenvalue weighted by molar-refractivity contribution is 0.0924. The largest absolute Gasteiger partial charge is 0.383 e. The zero-order valence-corrected chi connectivity index (χ0v) is 12.0. The Labute approximate surface area is 111 Å². The van der Waals surface area contributed by atoms with Gasteiger partial charge in [0.1, 0.15) is 10.7 Å². The van der Waals surface area contributed by atoms with Gasteiger partial charge in [-0.25, -0.2) is 4.98 Å². The van der Waals surface area contributed by atoms with Gasteiger partial charge in [-0.15, -0.1) is 0 Å². The summed E-state index contributed by atoms with van der Waals surface area (Å²) in [4.78, 5) is 16.5. The van der Waals surface area contributed by atoms with Crippen molar-refractivity contribution < 1.29 is 9.53 Å². The van der Waals surface area contributed by atoms with Crippen molar-refractivity contribution in [3.05, 3.63) is 4.88 Å². The molecule has 0 saturated carbocycles. The number of nitrogens with one attached hydrogen (secondary N) is 2. The van der Waals surface area contributed by atoms with Gasteiger partial charge in [0.15, 0.2) is 5.13 Å². The minimum absolute atomic E-state index is 0.197. The van der Waals surface area contributed by atoms with E-state index < -0.39 is 0 Å². The molecule has 0 aromatic carbocycles. The quantitative estimate of drug-likeness (QED) is 0.703. The second kappa shape index (κ2) is 6.01. The minimum atomic E-state index is -0.294. The molecule has 0 aliphatic heterocycles. The summed E-state index contributed by atoms with van der Waals surface area (Å²) < 4.78 is 4.92. The zero-order chi connectivity index (χ0) is 13.8. The number of nitrogens with two attached hydrogens (primary N) is 1. The molecule has 1 amide bonds. The molecule has 0 bridgehead atoms. The molecule has 0 atom stereocenters. The molecule has 7 heteroatoms. The standard InChI is InChI=1S/C11H20N4O2S/c1-11(2,3)15-9(16)7-8(12)14-10(18-7)13-5-6-17-4/h5-6,12H2,1-4H3,(H,13,14)(H,15,16). The number of hydrogen-bond donors (Lipinski definition) is 3. The lowest BCUT2D eigenvalue weighted by atomic mass is 10.1. The Morgan fingerprint density at radius 3 is 2.72 bits per heavy atom. The van der Waals surface area contributed by atoms with Crippen LogP contribution >= 0.6 is 11.3 Å². The predicted octanol–water partition coefficient (Wildman–Crippen LogP) is 1.31. The molecule has 0 aliphatic rings. The van der Waals surface area contributed by atoms with Gasteiger partial charge in [-0.05, 0) is 20.8 Å². The number of rotatable bonds is 5. The van der Waals surface area contributed by atoms with Gasteiger partial charge in [0.05, 0.1) is 6.61 Å². The van der Waals surface area contributed by atoms with Crippen LogP contribution in [-0.4, -0.2) is 36.7 Å². The van der Waals surface area contributed by atoms with Gasteiger partial charge in [-0.1, -0.05) is 11.3 Å². The van der Waals surface area contributed by atoms with Crippen molar-refractivity contribution >= 4 is 28.2 Å². The maximum atomic E-state index is 12.0. The maximum Gasteiger partial charge on any atom is 0.265 e. The molecule has 6 nitrogen and oxygen atoms in total. The van der Waals surface area contributed by atoms with Crippen LogP contribution in [0.5, 0.6) is 0 Å². The van der Waals surface area contributed by atoms with E-state index in [4.69, 9.17) is 10.5 Å². The summed E-state index contributed by atoms with van der Waals surface area (Å²) in [5.41, 5.74) is 5.44. The molecule has 0 spiro atoms. The zero-order valence-electron chi connectivity index (χ0n) is 11.2. The highest BCUT2D eigenvalue weighted by atomic mass is 32.1. The van der Waals surface area contributed by atoms with E-state index in [1.54, 1.807) is 7.11 Å². The Kier molecular flexibility index (Phi) is 4.92. The van der Waals surface area contributed by atoms with Crippen molar-refractivity contribution in [2.24, 2.45) is 0 Å². The highest BCUT2D eigenvalue weighted by molar-refractivity contribution is 7.18. The summed E-state index contributed by atoms with van der Waals surface area (Å²) in [5.74, 6) is 0.0546. The van der Waals surface area contributed by atoms with Crippen LogP contribution in [0.2, 0.25) is 0 Å². The number of carbonyl (C=O) groups excluding carboxylic acids is 1. The van der Waals surface area contributed by atoms with Crippen molar-refractivity contribution in [3.8, 4) is 0 Å². The van der Waals surface area contributed by atoms with Gasteiger partial charge in [0.2, 0.25) is 0 Å². The normalized spacial score (nSPS) is 11.3. The first-order valence-corrected chi connectivity index (χ1v) is 6.47. The first kappa shape index (κ1) is 14.7. The molecule has 0 fully saturated rings. The van der Waals surface area contributed by atoms with Gasteiger partial charge >= 0.3 is 0 Å². The number of anilines is 2. The van der Waals surface area contributed by atoms with E-state index >= 15 is 0 Å². The SMILES string of the molecule is COCCNc1nc(N)c(C(=O)NC(C)(C)C)s1. The van der Waals surface area contributed by atoms with Crippen molar-refractivity contribution in [1.82, 2.24) is 10.3 Å². The third kappa shape index (κ3) is 4.50. The Morgan fingerprint density at radius 1 is 1.50 bits per heavy atom. The van der Waals surface area contributed by atoms with E-state index in [2.05, 4.69) is 15.6 Å². The Hall–Kier alpha value is -1.34. The first-order chi connectivity index (χ1) is 8.33. The summed E-state index contributed by atoms with van der Waals surface area (Å²) in [6, 6.07) is 0. The fraction of sp³-hybridized carbons (Fsp3) is 0.636. The van der Waals surface area contributed by atoms with Gasteiger partial charge in [0.25, 0.3) is 5.91 Å². The smallest absolute Gasteiger partial charge is 0.265 e. The highest BCUT2D eigenvalue weighted by Crippen LogP contribution is 2.25. The van der Waals surface area contributed by atoms with Gasteiger partial charge in [0, 0.05) is 19.2 Å². The molecular formula is C11H20N4O2S. The van der Waals surface area contributed by atoms with Gasteiger partial charge in [-0.2, -0.15) is 0 Å². The molecule has 1 aromatic rings. The summed E-state index contributed by atoms with van der Waals surface area (Å²) in [6.07, 6.45) is 0. The third-order valence-corrected chi connectivity index (χ3v) is 2.96. The molecule has 1 heterocycles. The van der Waals surface area contributed by atoms with Gasteiger partial charge in [-0.3, -0.25) is 4.79 Å². The number of methoxy groups -OCH3 is 1. The minimum Gasteiger partial charge on any atom is -0.383 e. The van der Waals surface area contributed by atoms with Crippen LogP contribution in [0, 0.1) is 0 Å². The van der Waals surface area contributed by atoms with Crippen LogP contribution in [0.1, 0.15) is 30.4 Å². The number of amides is 1. The lowest BCUT2D eigenvalue weighted by Crippen LogP contribution is -2.40. The number of nitrogen functional groups attached to an aromatic ring is 1.